The van der Waals surface area contributed by atoms with Crippen LogP contribution >= 0.6 is 11.6 Å². The Hall–Kier alpha value is -3.19. The summed E-state index contributed by atoms with van der Waals surface area (Å²) >= 11 is 6.33. The van der Waals surface area contributed by atoms with E-state index in [-0.39, 0.29) is 10.6 Å². The summed E-state index contributed by atoms with van der Waals surface area (Å²) in [6.45, 7) is 0.511. The molecule has 0 amide bonds. The molecule has 0 aliphatic rings. The quantitative estimate of drug-likeness (QED) is 0.629. The van der Waals surface area contributed by atoms with Gasteiger partial charge in [0.25, 0.3) is 5.56 Å². The average molecular weight is 385 g/mol. The Morgan fingerprint density at radius 1 is 1.22 bits per heavy atom. The third-order valence-corrected chi connectivity index (χ3v) is 4.35. The summed E-state index contributed by atoms with van der Waals surface area (Å²) in [5.74, 6) is -0.562. The van der Waals surface area contributed by atoms with Gasteiger partial charge < -0.3 is 9.64 Å². The molecule has 2 heterocycles. The fourth-order valence-corrected chi connectivity index (χ4v) is 2.93. The number of esters is 1. The minimum absolute atomic E-state index is 0.0102. The van der Waals surface area contributed by atoms with Crippen LogP contribution in [-0.4, -0.2) is 34.9 Å². The Labute approximate surface area is 160 Å². The SMILES string of the molecule is COC(=O)c1ccccc1-n1ncc(N(C)Cc2cccnc2)c(Cl)c1=O. The number of para-hydroxylation sites is 1. The molecule has 138 valence electrons. The number of anilines is 1. The van der Waals surface area contributed by atoms with Crippen LogP contribution in [0.3, 0.4) is 0 Å². The highest BCUT2D eigenvalue weighted by atomic mass is 35.5. The number of nitrogens with zero attached hydrogens (tertiary/aromatic N) is 4. The number of methoxy groups -OCH3 is 1. The minimum atomic E-state index is -0.562. The molecule has 0 saturated heterocycles. The maximum Gasteiger partial charge on any atom is 0.340 e. The summed E-state index contributed by atoms with van der Waals surface area (Å²) in [6, 6.07) is 10.3. The lowest BCUT2D eigenvalue weighted by Crippen LogP contribution is -2.27. The topological polar surface area (TPSA) is 77.3 Å². The summed E-state index contributed by atoms with van der Waals surface area (Å²) in [7, 11) is 3.08. The van der Waals surface area contributed by atoms with Gasteiger partial charge in [-0.2, -0.15) is 9.78 Å². The van der Waals surface area contributed by atoms with Crippen LogP contribution in [0.5, 0.6) is 0 Å². The Bertz CT molecular complexity index is 1020. The highest BCUT2D eigenvalue weighted by Gasteiger charge is 2.18. The molecule has 0 N–H and O–H groups in total. The first kappa shape index (κ1) is 18.6. The second-order valence-electron chi connectivity index (χ2n) is 5.79. The number of hydrogen-bond donors (Lipinski definition) is 0. The molecule has 7 nitrogen and oxygen atoms in total. The number of pyridine rings is 1. The number of carbonyl (C=O) groups excluding carboxylic acids is 1. The second kappa shape index (κ2) is 8.01. The Morgan fingerprint density at radius 2 is 2.00 bits per heavy atom. The first-order valence-corrected chi connectivity index (χ1v) is 8.46. The average Bonchev–Trinajstić information content (AvgIpc) is 2.70. The lowest BCUT2D eigenvalue weighted by atomic mass is 10.2. The van der Waals surface area contributed by atoms with Crippen molar-refractivity contribution in [3.8, 4) is 5.69 Å². The first-order chi connectivity index (χ1) is 13.0. The lowest BCUT2D eigenvalue weighted by Gasteiger charge is -2.20. The Balaban J connectivity index is 1.99. The summed E-state index contributed by atoms with van der Waals surface area (Å²) in [5.41, 5.74) is 1.46. The zero-order chi connectivity index (χ0) is 19.4. The molecule has 0 unspecified atom stereocenters. The molecule has 3 rings (SSSR count). The van der Waals surface area contributed by atoms with Crippen LogP contribution in [0.2, 0.25) is 5.02 Å². The van der Waals surface area contributed by atoms with Gasteiger partial charge in [-0.15, -0.1) is 0 Å². The first-order valence-electron chi connectivity index (χ1n) is 8.08. The third kappa shape index (κ3) is 3.83. The molecule has 0 atom stereocenters. The molecule has 0 saturated carbocycles. The highest BCUT2D eigenvalue weighted by molar-refractivity contribution is 6.33. The number of benzene rings is 1. The van der Waals surface area contributed by atoms with E-state index in [0.29, 0.717) is 17.9 Å². The second-order valence-corrected chi connectivity index (χ2v) is 6.16. The number of hydrogen-bond acceptors (Lipinski definition) is 6. The van der Waals surface area contributed by atoms with Gasteiger partial charge >= 0.3 is 5.97 Å². The molecule has 0 bridgehead atoms. The van der Waals surface area contributed by atoms with E-state index < -0.39 is 11.5 Å². The van der Waals surface area contributed by atoms with Crippen molar-refractivity contribution in [2.75, 3.05) is 19.1 Å². The number of aromatic nitrogens is 3. The van der Waals surface area contributed by atoms with Gasteiger partial charge in [0.2, 0.25) is 0 Å². The van der Waals surface area contributed by atoms with Crippen LogP contribution in [0.4, 0.5) is 5.69 Å². The van der Waals surface area contributed by atoms with Crippen LogP contribution in [0.25, 0.3) is 5.69 Å². The van der Waals surface area contributed by atoms with Gasteiger partial charge in [0.05, 0.1) is 30.2 Å². The largest absolute Gasteiger partial charge is 0.465 e. The predicted molar refractivity (Wildman–Crippen MR) is 103 cm³/mol. The van der Waals surface area contributed by atoms with E-state index in [4.69, 9.17) is 16.3 Å². The maximum atomic E-state index is 12.8. The van der Waals surface area contributed by atoms with Crippen molar-refractivity contribution in [1.29, 1.82) is 0 Å². The molecule has 8 heteroatoms. The van der Waals surface area contributed by atoms with Crippen molar-refractivity contribution in [3.63, 3.8) is 0 Å². The van der Waals surface area contributed by atoms with Crippen molar-refractivity contribution in [3.05, 3.63) is 81.5 Å². The van der Waals surface area contributed by atoms with Crippen molar-refractivity contribution in [2.45, 2.75) is 6.54 Å². The Kier molecular flexibility index (Phi) is 5.52. The molecular formula is C19H17ClN4O3. The van der Waals surface area contributed by atoms with Gasteiger partial charge in [-0.3, -0.25) is 9.78 Å². The van der Waals surface area contributed by atoms with Gasteiger partial charge in [0.15, 0.2) is 0 Å². The zero-order valence-corrected chi connectivity index (χ0v) is 15.6. The molecule has 0 spiro atoms. The smallest absolute Gasteiger partial charge is 0.340 e. The van der Waals surface area contributed by atoms with Gasteiger partial charge in [0.1, 0.15) is 5.02 Å². The van der Waals surface area contributed by atoms with E-state index >= 15 is 0 Å². The van der Waals surface area contributed by atoms with Crippen LogP contribution in [0.15, 0.2) is 59.8 Å². The van der Waals surface area contributed by atoms with Crippen LogP contribution in [0, 0.1) is 0 Å². The van der Waals surface area contributed by atoms with E-state index in [1.165, 1.54) is 13.3 Å². The summed E-state index contributed by atoms with van der Waals surface area (Å²) < 4.78 is 5.86. The third-order valence-electron chi connectivity index (χ3n) is 3.99. The van der Waals surface area contributed by atoms with Gasteiger partial charge in [-0.25, -0.2) is 4.79 Å². The normalized spacial score (nSPS) is 10.5. The van der Waals surface area contributed by atoms with Crippen LogP contribution in [0.1, 0.15) is 15.9 Å². The fourth-order valence-electron chi connectivity index (χ4n) is 2.65. The van der Waals surface area contributed by atoms with E-state index in [9.17, 15) is 9.59 Å². The molecule has 3 aromatic rings. The molecule has 27 heavy (non-hydrogen) atoms. The number of ether oxygens (including phenoxy) is 1. The molecule has 2 aromatic heterocycles. The standard InChI is InChI=1S/C19H17ClN4O3/c1-23(12-13-6-5-9-21-10-13)16-11-22-24(18(25)17(16)20)15-8-4-3-7-14(15)19(26)27-2/h3-11H,12H2,1-2H3. The van der Waals surface area contributed by atoms with E-state index in [1.807, 2.05) is 24.1 Å². The predicted octanol–water partition coefficient (Wildman–Crippen LogP) is 2.70. The van der Waals surface area contributed by atoms with Crippen molar-refractivity contribution >= 4 is 23.3 Å². The van der Waals surface area contributed by atoms with Crippen molar-refractivity contribution < 1.29 is 9.53 Å². The van der Waals surface area contributed by atoms with Gasteiger partial charge in [-0.05, 0) is 23.8 Å². The lowest BCUT2D eigenvalue weighted by molar-refractivity contribution is 0.0600. The van der Waals surface area contributed by atoms with E-state index in [0.717, 1.165) is 10.2 Å². The maximum absolute atomic E-state index is 12.8. The van der Waals surface area contributed by atoms with Crippen molar-refractivity contribution in [1.82, 2.24) is 14.8 Å². The van der Waals surface area contributed by atoms with E-state index in [2.05, 4.69) is 10.1 Å². The van der Waals surface area contributed by atoms with Crippen molar-refractivity contribution in [2.24, 2.45) is 0 Å². The molecule has 0 fully saturated rings. The highest BCUT2D eigenvalue weighted by Crippen LogP contribution is 2.23. The van der Waals surface area contributed by atoms with Crippen LogP contribution < -0.4 is 10.5 Å². The molecule has 0 radical (unpaired) electrons. The minimum Gasteiger partial charge on any atom is -0.465 e. The monoisotopic (exact) mass is 384 g/mol. The number of rotatable bonds is 5. The van der Waals surface area contributed by atoms with E-state index in [1.54, 1.807) is 36.7 Å². The molecule has 0 aliphatic heterocycles. The Morgan fingerprint density at radius 3 is 2.70 bits per heavy atom. The number of halogens is 1. The van der Waals surface area contributed by atoms with Gasteiger partial charge in [0, 0.05) is 26.0 Å². The summed E-state index contributed by atoms with van der Waals surface area (Å²) in [4.78, 5) is 30.6. The summed E-state index contributed by atoms with van der Waals surface area (Å²) in [6.07, 6.45) is 4.93. The van der Waals surface area contributed by atoms with Gasteiger partial charge in [-0.1, -0.05) is 29.8 Å². The van der Waals surface area contributed by atoms with Crippen LogP contribution in [-0.2, 0) is 11.3 Å². The molecule has 1 aromatic carbocycles. The zero-order valence-electron chi connectivity index (χ0n) is 14.8. The molecule has 0 aliphatic carbocycles. The molecular weight excluding hydrogens is 368 g/mol. The number of carbonyl (C=O) groups is 1. The fraction of sp³-hybridized carbons (Fsp3) is 0.158. The summed E-state index contributed by atoms with van der Waals surface area (Å²) in [5, 5.41) is 4.21.